The molecule has 24 heavy (non-hydrogen) atoms. The Morgan fingerprint density at radius 2 is 2.00 bits per heavy atom. The van der Waals surface area contributed by atoms with Gasteiger partial charge < -0.3 is 24.8 Å². The molecule has 1 aliphatic rings. The lowest BCUT2D eigenvalue weighted by Crippen LogP contribution is -2.42. The van der Waals surface area contributed by atoms with E-state index in [1.165, 1.54) is 19.2 Å². The zero-order valence-electron chi connectivity index (χ0n) is 13.7. The van der Waals surface area contributed by atoms with Gasteiger partial charge in [-0.25, -0.2) is 4.79 Å². The molecule has 0 bridgehead atoms. The topological polar surface area (TPSA) is 71.0 Å². The van der Waals surface area contributed by atoms with E-state index >= 15 is 0 Å². The Labute approximate surface area is 139 Å². The lowest BCUT2D eigenvalue weighted by molar-refractivity contribution is -0.0511. The second-order valence-corrected chi connectivity index (χ2v) is 5.74. The first-order chi connectivity index (χ1) is 11.4. The number of hydrogen-bond acceptors (Lipinski definition) is 4. The summed E-state index contributed by atoms with van der Waals surface area (Å²) in [5.74, 6) is 0.213. The molecular formula is C16H22F2N2O4. The minimum atomic E-state index is -2.98. The molecule has 6 nitrogen and oxygen atoms in total. The highest BCUT2D eigenvalue weighted by Gasteiger charge is 2.25. The molecule has 0 saturated carbocycles. The van der Waals surface area contributed by atoms with Crippen molar-refractivity contribution in [3.05, 3.63) is 18.2 Å². The van der Waals surface area contributed by atoms with Crippen LogP contribution in [0.1, 0.15) is 19.8 Å². The minimum absolute atomic E-state index is 0.141. The van der Waals surface area contributed by atoms with Gasteiger partial charge in [-0.2, -0.15) is 8.78 Å². The summed E-state index contributed by atoms with van der Waals surface area (Å²) in [7, 11) is 1.35. The maximum Gasteiger partial charge on any atom is 0.387 e. The van der Waals surface area contributed by atoms with Gasteiger partial charge in [0.15, 0.2) is 11.5 Å². The second kappa shape index (κ2) is 8.14. The fourth-order valence-corrected chi connectivity index (χ4v) is 2.73. The van der Waals surface area contributed by atoms with Crippen LogP contribution in [-0.2, 0) is 0 Å². The highest BCUT2D eigenvalue weighted by atomic mass is 19.3. The fraction of sp³-hybridized carbons (Fsp3) is 0.562. The molecule has 1 heterocycles. The molecule has 0 aromatic heterocycles. The zero-order valence-corrected chi connectivity index (χ0v) is 13.7. The SMILES string of the molecule is COc1ccc(NC(=O)N2CCC([C@@H](C)O)CC2)cc1OC(F)F. The van der Waals surface area contributed by atoms with E-state index in [9.17, 15) is 18.7 Å². The Kier molecular flexibility index (Phi) is 6.19. The Bertz CT molecular complexity index is 561. The summed E-state index contributed by atoms with van der Waals surface area (Å²) >= 11 is 0. The summed E-state index contributed by atoms with van der Waals surface area (Å²) in [6, 6.07) is 3.99. The van der Waals surface area contributed by atoms with Crippen molar-refractivity contribution in [1.82, 2.24) is 4.90 Å². The van der Waals surface area contributed by atoms with E-state index in [2.05, 4.69) is 10.1 Å². The number of piperidine rings is 1. The maximum absolute atomic E-state index is 12.4. The molecule has 2 rings (SSSR count). The molecular weight excluding hydrogens is 322 g/mol. The molecule has 1 atom stereocenters. The van der Waals surface area contributed by atoms with Crippen LogP contribution < -0.4 is 14.8 Å². The maximum atomic E-state index is 12.4. The summed E-state index contributed by atoms with van der Waals surface area (Å²) in [5.41, 5.74) is 0.342. The van der Waals surface area contributed by atoms with Crippen molar-refractivity contribution >= 4 is 11.7 Å². The quantitative estimate of drug-likeness (QED) is 0.862. The third-order valence-electron chi connectivity index (χ3n) is 4.14. The van der Waals surface area contributed by atoms with Gasteiger partial charge in [-0.3, -0.25) is 0 Å². The fourth-order valence-electron chi connectivity index (χ4n) is 2.73. The third-order valence-corrected chi connectivity index (χ3v) is 4.14. The standard InChI is InChI=1S/C16H22F2N2O4/c1-10(21)11-5-7-20(8-6-11)16(22)19-12-3-4-13(23-2)14(9-12)24-15(17)18/h3-4,9-11,15,21H,5-8H2,1-2H3,(H,19,22)/t10-/m1/s1. The van der Waals surface area contributed by atoms with Gasteiger partial charge in [-0.05, 0) is 37.8 Å². The van der Waals surface area contributed by atoms with Crippen LogP contribution in [0.2, 0.25) is 0 Å². The van der Waals surface area contributed by atoms with Crippen molar-refractivity contribution in [3.8, 4) is 11.5 Å². The summed E-state index contributed by atoms with van der Waals surface area (Å²) in [6.45, 7) is -0.151. The number of halogens is 2. The van der Waals surface area contributed by atoms with Gasteiger partial charge in [0.1, 0.15) is 0 Å². The van der Waals surface area contributed by atoms with Crippen LogP contribution in [0, 0.1) is 5.92 Å². The highest BCUT2D eigenvalue weighted by Crippen LogP contribution is 2.31. The number of aliphatic hydroxyl groups excluding tert-OH is 1. The number of urea groups is 1. The lowest BCUT2D eigenvalue weighted by Gasteiger charge is -2.33. The van der Waals surface area contributed by atoms with Crippen LogP contribution in [0.15, 0.2) is 18.2 Å². The third kappa shape index (κ3) is 4.70. The summed E-state index contributed by atoms with van der Waals surface area (Å²) < 4.78 is 34.2. The Balaban J connectivity index is 1.99. The first-order valence-corrected chi connectivity index (χ1v) is 7.77. The molecule has 2 amide bonds. The number of nitrogens with one attached hydrogen (secondary N) is 1. The number of likely N-dealkylation sites (tertiary alicyclic amines) is 1. The summed E-state index contributed by atoms with van der Waals surface area (Å²) in [5, 5.41) is 12.2. The van der Waals surface area contributed by atoms with Gasteiger partial charge in [-0.1, -0.05) is 0 Å². The van der Waals surface area contributed by atoms with Gasteiger partial charge >= 0.3 is 12.6 Å². The molecule has 1 fully saturated rings. The number of methoxy groups -OCH3 is 1. The van der Waals surface area contributed by atoms with Crippen molar-refractivity contribution in [2.45, 2.75) is 32.5 Å². The smallest absolute Gasteiger partial charge is 0.387 e. The Hall–Kier alpha value is -2.09. The van der Waals surface area contributed by atoms with Crippen molar-refractivity contribution in [2.24, 2.45) is 5.92 Å². The largest absolute Gasteiger partial charge is 0.493 e. The van der Waals surface area contributed by atoms with Gasteiger partial charge in [0.2, 0.25) is 0 Å². The zero-order chi connectivity index (χ0) is 17.7. The average Bonchev–Trinajstić information content (AvgIpc) is 2.54. The summed E-state index contributed by atoms with van der Waals surface area (Å²) in [6.07, 6.45) is 1.08. The molecule has 0 radical (unpaired) electrons. The van der Waals surface area contributed by atoms with E-state index in [0.717, 1.165) is 12.8 Å². The first-order valence-electron chi connectivity index (χ1n) is 7.77. The number of carbonyl (C=O) groups excluding carboxylic acids is 1. The first kappa shape index (κ1) is 18.3. The predicted octanol–water partition coefficient (Wildman–Crippen LogP) is 2.92. The molecule has 1 aromatic carbocycles. The van der Waals surface area contributed by atoms with Crippen LogP contribution in [0.5, 0.6) is 11.5 Å². The van der Waals surface area contributed by atoms with E-state index in [-0.39, 0.29) is 29.6 Å². The van der Waals surface area contributed by atoms with Crippen molar-refractivity contribution in [2.75, 3.05) is 25.5 Å². The van der Waals surface area contributed by atoms with Crippen LogP contribution in [0.25, 0.3) is 0 Å². The number of anilines is 1. The predicted molar refractivity (Wildman–Crippen MR) is 84.6 cm³/mol. The van der Waals surface area contributed by atoms with Gasteiger partial charge in [0, 0.05) is 24.8 Å². The molecule has 0 aliphatic carbocycles. The number of aliphatic hydroxyl groups is 1. The number of benzene rings is 1. The van der Waals surface area contributed by atoms with Crippen LogP contribution in [0.4, 0.5) is 19.3 Å². The van der Waals surface area contributed by atoms with Gasteiger partial charge in [0.25, 0.3) is 0 Å². The molecule has 0 unspecified atom stereocenters. The molecule has 1 aliphatic heterocycles. The second-order valence-electron chi connectivity index (χ2n) is 5.74. The summed E-state index contributed by atoms with van der Waals surface area (Å²) in [4.78, 5) is 13.9. The normalized spacial score (nSPS) is 16.8. The van der Waals surface area contributed by atoms with Crippen molar-refractivity contribution < 1.29 is 28.2 Å². The van der Waals surface area contributed by atoms with Gasteiger partial charge in [0.05, 0.1) is 13.2 Å². The van der Waals surface area contributed by atoms with E-state index in [4.69, 9.17) is 4.74 Å². The lowest BCUT2D eigenvalue weighted by atomic mass is 9.92. The van der Waals surface area contributed by atoms with Crippen LogP contribution >= 0.6 is 0 Å². The molecule has 0 spiro atoms. The van der Waals surface area contributed by atoms with Gasteiger partial charge in [-0.15, -0.1) is 0 Å². The number of rotatable bonds is 5. The Morgan fingerprint density at radius 1 is 1.33 bits per heavy atom. The number of nitrogens with zero attached hydrogens (tertiary/aromatic N) is 1. The molecule has 134 valence electrons. The average molecular weight is 344 g/mol. The van der Waals surface area contributed by atoms with Crippen LogP contribution in [0.3, 0.4) is 0 Å². The molecule has 1 saturated heterocycles. The number of hydrogen-bond donors (Lipinski definition) is 2. The molecule has 1 aromatic rings. The molecule has 8 heteroatoms. The van der Waals surface area contributed by atoms with Crippen LogP contribution in [-0.4, -0.2) is 49.0 Å². The number of amides is 2. The van der Waals surface area contributed by atoms with Crippen molar-refractivity contribution in [1.29, 1.82) is 0 Å². The number of alkyl halides is 2. The number of carbonyl (C=O) groups is 1. The minimum Gasteiger partial charge on any atom is -0.493 e. The van der Waals surface area contributed by atoms with Crippen molar-refractivity contribution in [3.63, 3.8) is 0 Å². The van der Waals surface area contributed by atoms with E-state index < -0.39 is 6.61 Å². The molecule has 2 N–H and O–H groups in total. The monoisotopic (exact) mass is 344 g/mol. The number of ether oxygens (including phenoxy) is 2. The van der Waals surface area contributed by atoms with E-state index in [0.29, 0.717) is 18.8 Å². The highest BCUT2D eigenvalue weighted by molar-refractivity contribution is 5.89. The Morgan fingerprint density at radius 3 is 2.54 bits per heavy atom. The van der Waals surface area contributed by atoms with E-state index in [1.807, 2.05) is 0 Å². The van der Waals surface area contributed by atoms with E-state index in [1.54, 1.807) is 17.9 Å².